The van der Waals surface area contributed by atoms with Crippen LogP contribution >= 0.6 is 23.2 Å². The molecule has 198 valence electrons. The molecule has 0 radical (unpaired) electrons. The number of nitrogens with one attached hydrogen (secondary N) is 1. The van der Waals surface area contributed by atoms with Gasteiger partial charge in [-0.1, -0.05) is 34.4 Å². The van der Waals surface area contributed by atoms with Crippen LogP contribution in [0.4, 0.5) is 22.0 Å². The van der Waals surface area contributed by atoms with E-state index in [1.165, 1.54) is 24.3 Å². The fourth-order valence-corrected chi connectivity index (χ4v) is 4.55. The molecule has 0 aliphatic carbocycles. The number of halogens is 7. The lowest BCUT2D eigenvalue weighted by Gasteiger charge is -2.29. The fourth-order valence-electron chi connectivity index (χ4n) is 4.02. The van der Waals surface area contributed by atoms with Gasteiger partial charge in [-0.2, -0.15) is 13.2 Å². The van der Waals surface area contributed by atoms with Crippen molar-refractivity contribution in [2.45, 2.75) is 37.6 Å². The highest BCUT2D eigenvalue weighted by Crippen LogP contribution is 2.49. The van der Waals surface area contributed by atoms with E-state index in [0.717, 1.165) is 12.1 Å². The summed E-state index contributed by atoms with van der Waals surface area (Å²) in [5.41, 5.74) is -2.39. The molecular weight excluding hydrogens is 548 g/mol. The molecule has 2 amide bonds. The standard InChI is InChI=1S/C23H18Cl2F5N3O4/c1-11-4-12(2-3-16(11)20(34)31-18-10-36-33(21(18)35)9-19(26)27)17-8-22(37-32-17,23(28,29)30)13-5-14(24)7-15(25)6-13/h2-7,18-19H,8-10H2,1H3,(H,31,34). The second-order valence-corrected chi connectivity index (χ2v) is 9.30. The third-order valence-electron chi connectivity index (χ3n) is 5.87. The summed E-state index contributed by atoms with van der Waals surface area (Å²) in [4.78, 5) is 34.7. The van der Waals surface area contributed by atoms with Crippen LogP contribution in [0.2, 0.25) is 10.0 Å². The van der Waals surface area contributed by atoms with Gasteiger partial charge in [0.1, 0.15) is 19.2 Å². The summed E-state index contributed by atoms with van der Waals surface area (Å²) in [7, 11) is 0. The number of benzene rings is 2. The van der Waals surface area contributed by atoms with Crippen molar-refractivity contribution in [3.63, 3.8) is 0 Å². The lowest BCUT2D eigenvalue weighted by molar-refractivity contribution is -0.275. The first kappa shape index (κ1) is 27.1. The number of aryl methyl sites for hydroxylation is 1. The minimum absolute atomic E-state index is 0.00199. The molecule has 2 aromatic rings. The van der Waals surface area contributed by atoms with E-state index in [-0.39, 0.29) is 39.1 Å². The molecule has 7 nitrogen and oxygen atoms in total. The van der Waals surface area contributed by atoms with Crippen LogP contribution in [0.1, 0.15) is 33.5 Å². The normalized spacial score (nSPS) is 21.9. The van der Waals surface area contributed by atoms with Crippen molar-refractivity contribution in [3.8, 4) is 0 Å². The third-order valence-corrected chi connectivity index (χ3v) is 6.31. The number of carbonyl (C=O) groups excluding carboxylic acids is 2. The summed E-state index contributed by atoms with van der Waals surface area (Å²) in [6, 6.07) is 6.53. The van der Waals surface area contributed by atoms with E-state index >= 15 is 0 Å². The van der Waals surface area contributed by atoms with Crippen molar-refractivity contribution < 1.29 is 41.2 Å². The van der Waals surface area contributed by atoms with Gasteiger partial charge in [0, 0.05) is 27.6 Å². The van der Waals surface area contributed by atoms with Crippen LogP contribution in [0, 0.1) is 6.92 Å². The first-order valence-electron chi connectivity index (χ1n) is 10.7. The predicted octanol–water partition coefficient (Wildman–Crippen LogP) is 5.02. The smallest absolute Gasteiger partial charge is 0.374 e. The largest absolute Gasteiger partial charge is 0.435 e. The third kappa shape index (κ3) is 5.36. The molecule has 2 unspecified atom stereocenters. The van der Waals surface area contributed by atoms with Crippen molar-refractivity contribution in [2.75, 3.05) is 13.2 Å². The first-order valence-corrected chi connectivity index (χ1v) is 11.5. The minimum atomic E-state index is -4.87. The Morgan fingerprint density at radius 2 is 1.89 bits per heavy atom. The lowest BCUT2D eigenvalue weighted by atomic mass is 9.86. The van der Waals surface area contributed by atoms with Crippen LogP contribution in [0.5, 0.6) is 0 Å². The van der Waals surface area contributed by atoms with Crippen LogP contribution < -0.4 is 5.32 Å². The van der Waals surface area contributed by atoms with Crippen molar-refractivity contribution in [3.05, 3.63) is 68.7 Å². The van der Waals surface area contributed by atoms with Gasteiger partial charge in [0.15, 0.2) is 0 Å². The second kappa shape index (κ2) is 10.1. The number of hydroxylamine groups is 2. The second-order valence-electron chi connectivity index (χ2n) is 8.43. The molecule has 2 aliphatic heterocycles. The van der Waals surface area contributed by atoms with E-state index in [2.05, 4.69) is 10.5 Å². The van der Waals surface area contributed by atoms with Crippen molar-refractivity contribution in [2.24, 2.45) is 5.16 Å². The maximum Gasteiger partial charge on any atom is 0.435 e. The zero-order valence-corrected chi connectivity index (χ0v) is 20.4. The highest BCUT2D eigenvalue weighted by atomic mass is 35.5. The van der Waals surface area contributed by atoms with Crippen LogP contribution in [0.3, 0.4) is 0 Å². The van der Waals surface area contributed by atoms with Gasteiger partial charge < -0.3 is 10.2 Å². The first-order chi connectivity index (χ1) is 17.3. The SMILES string of the molecule is Cc1cc(C2=NOC(c3cc(Cl)cc(Cl)c3)(C(F)(F)F)C2)ccc1C(=O)NC1CON(CC(F)F)C1=O. The van der Waals surface area contributed by atoms with Gasteiger partial charge in [0.05, 0.1) is 5.71 Å². The predicted molar refractivity (Wildman–Crippen MR) is 123 cm³/mol. The molecule has 0 bridgehead atoms. The summed E-state index contributed by atoms with van der Waals surface area (Å²) >= 11 is 11.8. The molecule has 1 fully saturated rings. The zero-order valence-electron chi connectivity index (χ0n) is 18.9. The van der Waals surface area contributed by atoms with E-state index in [1.54, 1.807) is 6.92 Å². The monoisotopic (exact) mass is 565 g/mol. The molecule has 0 aromatic heterocycles. The number of carbonyl (C=O) groups is 2. The fraction of sp³-hybridized carbons (Fsp3) is 0.348. The maximum absolute atomic E-state index is 14.2. The van der Waals surface area contributed by atoms with Gasteiger partial charge in [-0.05, 0) is 48.4 Å². The molecule has 2 aromatic carbocycles. The number of amides is 2. The number of hydrogen-bond acceptors (Lipinski definition) is 5. The van der Waals surface area contributed by atoms with E-state index in [4.69, 9.17) is 32.9 Å². The van der Waals surface area contributed by atoms with Gasteiger partial charge in [-0.15, -0.1) is 0 Å². The highest BCUT2D eigenvalue weighted by Gasteiger charge is 2.62. The Morgan fingerprint density at radius 3 is 2.49 bits per heavy atom. The Labute approximate surface area is 217 Å². The molecule has 2 atom stereocenters. The lowest BCUT2D eigenvalue weighted by Crippen LogP contribution is -2.43. The van der Waals surface area contributed by atoms with Gasteiger partial charge >= 0.3 is 6.18 Å². The van der Waals surface area contributed by atoms with E-state index in [0.29, 0.717) is 10.6 Å². The Kier molecular flexibility index (Phi) is 7.37. The molecule has 0 spiro atoms. The van der Waals surface area contributed by atoms with E-state index in [9.17, 15) is 31.5 Å². The van der Waals surface area contributed by atoms with Crippen molar-refractivity contribution in [1.29, 1.82) is 0 Å². The molecule has 2 aliphatic rings. The summed E-state index contributed by atoms with van der Waals surface area (Å²) < 4.78 is 67.7. The highest BCUT2D eigenvalue weighted by molar-refractivity contribution is 6.34. The van der Waals surface area contributed by atoms with Gasteiger partial charge in [-0.25, -0.2) is 13.8 Å². The Morgan fingerprint density at radius 1 is 1.22 bits per heavy atom. The topological polar surface area (TPSA) is 80.2 Å². The Balaban J connectivity index is 1.52. The van der Waals surface area contributed by atoms with Crippen LogP contribution in [0.15, 0.2) is 41.6 Å². The molecule has 37 heavy (non-hydrogen) atoms. The average molecular weight is 566 g/mol. The molecule has 1 N–H and O–H groups in total. The van der Waals surface area contributed by atoms with E-state index < -0.39 is 49.0 Å². The zero-order chi connectivity index (χ0) is 27.1. The summed E-state index contributed by atoms with van der Waals surface area (Å²) in [6.45, 7) is 0.304. The van der Waals surface area contributed by atoms with Crippen LogP contribution in [-0.2, 0) is 20.1 Å². The molecule has 2 heterocycles. The van der Waals surface area contributed by atoms with Crippen molar-refractivity contribution in [1.82, 2.24) is 10.4 Å². The summed E-state index contributed by atoms with van der Waals surface area (Å²) in [5.74, 6) is -1.50. The number of alkyl halides is 5. The van der Waals surface area contributed by atoms with Gasteiger partial charge in [0.25, 0.3) is 23.8 Å². The van der Waals surface area contributed by atoms with Crippen LogP contribution in [0.25, 0.3) is 0 Å². The number of oxime groups is 1. The number of rotatable bonds is 6. The minimum Gasteiger partial charge on any atom is -0.374 e. The average Bonchev–Trinajstić information content (AvgIpc) is 3.39. The van der Waals surface area contributed by atoms with Crippen LogP contribution in [-0.4, -0.2) is 54.4 Å². The summed E-state index contributed by atoms with van der Waals surface area (Å²) in [5, 5.41) is 6.58. The van der Waals surface area contributed by atoms with Crippen molar-refractivity contribution >= 4 is 40.7 Å². The quantitative estimate of drug-likeness (QED) is 0.499. The molecule has 0 saturated carbocycles. The maximum atomic E-state index is 14.2. The molecule has 14 heteroatoms. The van der Waals surface area contributed by atoms with Gasteiger partial charge in [-0.3, -0.25) is 14.4 Å². The molecule has 1 saturated heterocycles. The Hall–Kier alpha value is -2.96. The van der Waals surface area contributed by atoms with Gasteiger partial charge in [0.2, 0.25) is 0 Å². The van der Waals surface area contributed by atoms with E-state index in [1.807, 2.05) is 0 Å². The Bertz CT molecular complexity index is 1250. The summed E-state index contributed by atoms with van der Waals surface area (Å²) in [6.07, 6.45) is -8.34. The number of nitrogens with zero attached hydrogens (tertiary/aromatic N) is 2. The molecule has 4 rings (SSSR count). The molecular formula is C23H18Cl2F5N3O4. The number of hydrogen-bond donors (Lipinski definition) is 1.